The fourth-order valence-electron chi connectivity index (χ4n) is 3.65. The van der Waals surface area contributed by atoms with Crippen LogP contribution in [0.15, 0.2) is 55.1 Å². The molecule has 1 aliphatic heterocycles. The third-order valence-electron chi connectivity index (χ3n) is 5.25. The van der Waals surface area contributed by atoms with Gasteiger partial charge in [-0.15, -0.1) is 6.58 Å². The summed E-state index contributed by atoms with van der Waals surface area (Å²) in [5, 5.41) is 10.5. The van der Waals surface area contributed by atoms with Crippen LogP contribution < -0.4 is 9.64 Å². The van der Waals surface area contributed by atoms with E-state index in [0.29, 0.717) is 13.2 Å². The van der Waals surface area contributed by atoms with E-state index in [-0.39, 0.29) is 0 Å². The topological polar surface area (TPSA) is 35.9 Å². The first-order valence-electron chi connectivity index (χ1n) is 10.1. The molecule has 0 spiro atoms. The lowest BCUT2D eigenvalue weighted by atomic mass is 10.1. The second-order valence-corrected chi connectivity index (χ2v) is 7.69. The number of aliphatic hydroxyl groups is 1. The van der Waals surface area contributed by atoms with E-state index < -0.39 is 6.10 Å². The Morgan fingerprint density at radius 2 is 1.71 bits per heavy atom. The van der Waals surface area contributed by atoms with Crippen molar-refractivity contribution < 1.29 is 9.84 Å². The van der Waals surface area contributed by atoms with Gasteiger partial charge in [-0.1, -0.05) is 41.5 Å². The largest absolute Gasteiger partial charge is 0.491 e. The van der Waals surface area contributed by atoms with Gasteiger partial charge in [-0.3, -0.25) is 4.90 Å². The molecule has 0 saturated carbocycles. The molecule has 1 aliphatic rings. The van der Waals surface area contributed by atoms with Crippen LogP contribution in [0.4, 0.5) is 5.69 Å². The molecule has 1 unspecified atom stereocenters. The number of piperazine rings is 1. The molecule has 2 aromatic carbocycles. The van der Waals surface area contributed by atoms with Crippen LogP contribution in [0.25, 0.3) is 0 Å². The predicted molar refractivity (Wildman–Crippen MR) is 116 cm³/mol. The van der Waals surface area contributed by atoms with Gasteiger partial charge in [0.25, 0.3) is 0 Å². The monoisotopic (exact) mass is 380 g/mol. The number of aryl methyl sites for hydroxylation is 2. The van der Waals surface area contributed by atoms with Gasteiger partial charge in [0.15, 0.2) is 0 Å². The molecular weight excluding hydrogens is 348 g/mol. The minimum Gasteiger partial charge on any atom is -0.491 e. The van der Waals surface area contributed by atoms with Crippen molar-refractivity contribution in [3.8, 4) is 5.75 Å². The lowest BCUT2D eigenvalue weighted by Crippen LogP contribution is -2.49. The van der Waals surface area contributed by atoms with Crippen LogP contribution in [0.5, 0.6) is 5.75 Å². The van der Waals surface area contributed by atoms with Crippen LogP contribution in [-0.2, 0) is 6.42 Å². The Morgan fingerprint density at radius 3 is 2.39 bits per heavy atom. The molecule has 1 N–H and O–H groups in total. The summed E-state index contributed by atoms with van der Waals surface area (Å²) in [6.45, 7) is 12.8. The number of hydrogen-bond acceptors (Lipinski definition) is 4. The number of allylic oxidation sites excluding steroid dienone is 1. The average molecular weight is 381 g/mol. The Balaban J connectivity index is 1.45. The Morgan fingerprint density at radius 1 is 1.04 bits per heavy atom. The van der Waals surface area contributed by atoms with Crippen molar-refractivity contribution in [2.24, 2.45) is 0 Å². The zero-order valence-corrected chi connectivity index (χ0v) is 17.1. The molecular formula is C24H32N2O2. The van der Waals surface area contributed by atoms with Gasteiger partial charge in [0.1, 0.15) is 18.5 Å². The molecule has 0 aliphatic carbocycles. The Bertz CT molecular complexity index is 765. The number of nitrogens with zero attached hydrogens (tertiary/aromatic N) is 2. The molecule has 0 radical (unpaired) electrons. The van der Waals surface area contributed by atoms with E-state index in [1.807, 2.05) is 18.2 Å². The lowest BCUT2D eigenvalue weighted by molar-refractivity contribution is 0.0660. The number of hydrogen-bond donors (Lipinski definition) is 1. The van der Waals surface area contributed by atoms with E-state index in [4.69, 9.17) is 4.74 Å². The second kappa shape index (κ2) is 9.76. The number of anilines is 1. The van der Waals surface area contributed by atoms with Crippen molar-refractivity contribution in [1.29, 1.82) is 0 Å². The molecule has 4 heteroatoms. The number of aliphatic hydroxyl groups excluding tert-OH is 1. The van der Waals surface area contributed by atoms with Crippen LogP contribution in [0.2, 0.25) is 0 Å². The summed E-state index contributed by atoms with van der Waals surface area (Å²) in [6.07, 6.45) is 2.16. The van der Waals surface area contributed by atoms with Gasteiger partial charge in [0.05, 0.1) is 0 Å². The van der Waals surface area contributed by atoms with Crippen molar-refractivity contribution in [2.75, 3.05) is 44.2 Å². The van der Waals surface area contributed by atoms with Gasteiger partial charge in [0, 0.05) is 38.4 Å². The predicted octanol–water partition coefficient (Wildman–Crippen LogP) is 3.59. The van der Waals surface area contributed by atoms with Crippen LogP contribution >= 0.6 is 0 Å². The molecule has 0 amide bonds. The van der Waals surface area contributed by atoms with Gasteiger partial charge in [0.2, 0.25) is 0 Å². The van der Waals surface area contributed by atoms with E-state index in [1.54, 1.807) is 0 Å². The number of ether oxygens (including phenoxy) is 1. The summed E-state index contributed by atoms with van der Waals surface area (Å²) in [7, 11) is 0. The Hall–Kier alpha value is -2.30. The normalized spacial score (nSPS) is 16.0. The third-order valence-corrected chi connectivity index (χ3v) is 5.25. The third kappa shape index (κ3) is 5.60. The summed E-state index contributed by atoms with van der Waals surface area (Å²) in [5.41, 5.74) is 4.89. The molecule has 28 heavy (non-hydrogen) atoms. The van der Waals surface area contributed by atoms with Crippen LogP contribution in [0.1, 0.15) is 16.7 Å². The van der Waals surface area contributed by atoms with Crippen LogP contribution in [-0.4, -0.2) is 55.4 Å². The van der Waals surface area contributed by atoms with Crippen LogP contribution in [0.3, 0.4) is 0 Å². The standard InChI is InChI=1S/C24H32N2O2/c1-4-5-21-16-20(3)8-11-24(21)28-18-23(27)17-25-12-14-26(15-13-25)22-9-6-19(2)7-10-22/h4,6-11,16,23,27H,1,5,12-15,17-18H2,2-3H3. The summed E-state index contributed by atoms with van der Waals surface area (Å²) in [4.78, 5) is 4.73. The van der Waals surface area contributed by atoms with Crippen molar-refractivity contribution in [3.63, 3.8) is 0 Å². The van der Waals surface area contributed by atoms with Gasteiger partial charge in [-0.05, 0) is 44.0 Å². The smallest absolute Gasteiger partial charge is 0.122 e. The zero-order valence-electron chi connectivity index (χ0n) is 17.1. The highest BCUT2D eigenvalue weighted by Crippen LogP contribution is 2.21. The summed E-state index contributed by atoms with van der Waals surface area (Å²) >= 11 is 0. The van der Waals surface area contributed by atoms with Crippen molar-refractivity contribution >= 4 is 5.69 Å². The number of benzene rings is 2. The first kappa shape index (κ1) is 20.4. The molecule has 4 nitrogen and oxygen atoms in total. The first-order chi connectivity index (χ1) is 13.5. The molecule has 0 bridgehead atoms. The molecule has 1 atom stereocenters. The van der Waals surface area contributed by atoms with E-state index in [2.05, 4.69) is 60.6 Å². The van der Waals surface area contributed by atoms with E-state index in [0.717, 1.165) is 43.9 Å². The molecule has 1 saturated heterocycles. The molecule has 150 valence electrons. The Kier molecular flexibility index (Phi) is 7.12. The van der Waals surface area contributed by atoms with Crippen molar-refractivity contribution in [2.45, 2.75) is 26.4 Å². The number of β-amino-alcohol motifs (C(OH)–C–C–N with tert-alkyl or cyclic N) is 1. The van der Waals surface area contributed by atoms with Crippen LogP contribution in [0, 0.1) is 13.8 Å². The van der Waals surface area contributed by atoms with Gasteiger partial charge in [-0.2, -0.15) is 0 Å². The van der Waals surface area contributed by atoms with Crippen molar-refractivity contribution in [1.82, 2.24) is 4.90 Å². The van der Waals surface area contributed by atoms with Gasteiger partial charge >= 0.3 is 0 Å². The van der Waals surface area contributed by atoms with Gasteiger partial charge < -0.3 is 14.7 Å². The number of rotatable bonds is 8. The molecule has 0 aromatic heterocycles. The first-order valence-corrected chi connectivity index (χ1v) is 10.1. The van der Waals surface area contributed by atoms with Gasteiger partial charge in [-0.25, -0.2) is 0 Å². The quantitative estimate of drug-likeness (QED) is 0.710. The zero-order chi connectivity index (χ0) is 19.9. The summed E-state index contributed by atoms with van der Waals surface area (Å²) in [5.74, 6) is 0.841. The Labute approximate surface area is 169 Å². The fourth-order valence-corrected chi connectivity index (χ4v) is 3.65. The highest BCUT2D eigenvalue weighted by Gasteiger charge is 2.20. The summed E-state index contributed by atoms with van der Waals surface area (Å²) in [6, 6.07) is 14.8. The maximum absolute atomic E-state index is 10.5. The van der Waals surface area contributed by atoms with E-state index in [1.165, 1.54) is 16.8 Å². The van der Waals surface area contributed by atoms with Crippen molar-refractivity contribution in [3.05, 3.63) is 71.8 Å². The molecule has 1 heterocycles. The van der Waals surface area contributed by atoms with E-state index >= 15 is 0 Å². The molecule has 3 rings (SSSR count). The SMILES string of the molecule is C=CCc1cc(C)ccc1OCC(O)CN1CCN(c2ccc(C)cc2)CC1. The fraction of sp³-hybridized carbons (Fsp3) is 0.417. The highest BCUT2D eigenvalue weighted by molar-refractivity contribution is 5.47. The minimum absolute atomic E-state index is 0.311. The lowest BCUT2D eigenvalue weighted by Gasteiger charge is -2.37. The second-order valence-electron chi connectivity index (χ2n) is 7.69. The average Bonchev–Trinajstić information content (AvgIpc) is 2.69. The molecule has 1 fully saturated rings. The highest BCUT2D eigenvalue weighted by atomic mass is 16.5. The minimum atomic E-state index is -0.496. The molecule has 2 aromatic rings. The van der Waals surface area contributed by atoms with E-state index in [9.17, 15) is 5.11 Å². The maximum atomic E-state index is 10.5. The maximum Gasteiger partial charge on any atom is 0.122 e. The summed E-state index contributed by atoms with van der Waals surface area (Å²) < 4.78 is 5.91.